The van der Waals surface area contributed by atoms with Crippen molar-refractivity contribution in [2.75, 3.05) is 13.7 Å². The minimum absolute atomic E-state index is 0.0209. The molecule has 0 bridgehead atoms. The van der Waals surface area contributed by atoms with Crippen molar-refractivity contribution in [1.82, 2.24) is 0 Å². The Labute approximate surface area is 131 Å². The second kappa shape index (κ2) is 8.03. The summed E-state index contributed by atoms with van der Waals surface area (Å²) in [4.78, 5) is 12.1. The first kappa shape index (κ1) is 15.8. The van der Waals surface area contributed by atoms with Crippen LogP contribution in [0.25, 0.3) is 6.08 Å². The molecule has 0 spiro atoms. The molecule has 2 aromatic carbocycles. The van der Waals surface area contributed by atoms with Gasteiger partial charge in [-0.05, 0) is 30.2 Å². The van der Waals surface area contributed by atoms with E-state index in [0.717, 1.165) is 12.0 Å². The molecule has 0 heterocycles. The number of rotatable bonds is 7. The SMILES string of the molecule is CCCOc1cc(C=CC(=O)c2ccccc2)ccc1OC. The second-order valence-corrected chi connectivity index (χ2v) is 4.82. The third kappa shape index (κ3) is 4.22. The highest BCUT2D eigenvalue weighted by Gasteiger charge is 2.05. The fourth-order valence-corrected chi connectivity index (χ4v) is 1.99. The zero-order chi connectivity index (χ0) is 15.8. The number of ketones is 1. The van der Waals surface area contributed by atoms with E-state index in [1.807, 2.05) is 36.4 Å². The average molecular weight is 296 g/mol. The first-order valence-corrected chi connectivity index (χ1v) is 7.33. The van der Waals surface area contributed by atoms with Crippen molar-refractivity contribution in [3.8, 4) is 11.5 Å². The molecule has 0 saturated carbocycles. The number of carbonyl (C=O) groups excluding carboxylic acids is 1. The molecule has 114 valence electrons. The Morgan fingerprint density at radius 1 is 1.09 bits per heavy atom. The van der Waals surface area contributed by atoms with Crippen LogP contribution < -0.4 is 9.47 Å². The first-order valence-electron chi connectivity index (χ1n) is 7.33. The Morgan fingerprint density at radius 2 is 1.86 bits per heavy atom. The smallest absolute Gasteiger partial charge is 0.185 e. The van der Waals surface area contributed by atoms with E-state index in [1.165, 1.54) is 0 Å². The van der Waals surface area contributed by atoms with Gasteiger partial charge in [0.05, 0.1) is 13.7 Å². The van der Waals surface area contributed by atoms with Gasteiger partial charge < -0.3 is 9.47 Å². The van der Waals surface area contributed by atoms with Crippen LogP contribution in [-0.4, -0.2) is 19.5 Å². The number of allylic oxidation sites excluding steroid dienone is 1. The average Bonchev–Trinajstić information content (AvgIpc) is 2.58. The number of hydrogen-bond donors (Lipinski definition) is 0. The number of carbonyl (C=O) groups is 1. The molecular formula is C19H20O3. The largest absolute Gasteiger partial charge is 0.493 e. The Bertz CT molecular complexity index is 645. The van der Waals surface area contributed by atoms with Gasteiger partial charge in [0.2, 0.25) is 0 Å². The van der Waals surface area contributed by atoms with Gasteiger partial charge in [0, 0.05) is 5.56 Å². The Kier molecular flexibility index (Phi) is 5.78. The van der Waals surface area contributed by atoms with Crippen molar-refractivity contribution in [2.45, 2.75) is 13.3 Å². The topological polar surface area (TPSA) is 35.5 Å². The van der Waals surface area contributed by atoms with Crippen molar-refractivity contribution >= 4 is 11.9 Å². The standard InChI is InChI=1S/C19H20O3/c1-3-13-22-19-14-15(10-12-18(19)21-2)9-11-17(20)16-7-5-4-6-8-16/h4-12,14H,3,13H2,1-2H3. The molecule has 0 unspecified atom stereocenters. The summed E-state index contributed by atoms with van der Waals surface area (Å²) >= 11 is 0. The van der Waals surface area contributed by atoms with Crippen LogP contribution in [0.2, 0.25) is 0 Å². The molecule has 0 fully saturated rings. The maximum Gasteiger partial charge on any atom is 0.185 e. The molecule has 0 N–H and O–H groups in total. The molecule has 2 rings (SSSR count). The maximum absolute atomic E-state index is 12.1. The highest BCUT2D eigenvalue weighted by atomic mass is 16.5. The normalized spacial score (nSPS) is 10.6. The van der Waals surface area contributed by atoms with Crippen LogP contribution in [0.1, 0.15) is 29.3 Å². The number of hydrogen-bond acceptors (Lipinski definition) is 3. The molecule has 0 atom stereocenters. The maximum atomic E-state index is 12.1. The first-order chi connectivity index (χ1) is 10.7. The van der Waals surface area contributed by atoms with Gasteiger partial charge in [0.15, 0.2) is 17.3 Å². The highest BCUT2D eigenvalue weighted by molar-refractivity contribution is 6.06. The van der Waals surface area contributed by atoms with Crippen LogP contribution in [0, 0.1) is 0 Å². The predicted octanol–water partition coefficient (Wildman–Crippen LogP) is 4.38. The van der Waals surface area contributed by atoms with E-state index in [0.29, 0.717) is 23.7 Å². The van der Waals surface area contributed by atoms with Gasteiger partial charge in [-0.1, -0.05) is 49.4 Å². The van der Waals surface area contributed by atoms with Gasteiger partial charge in [-0.25, -0.2) is 0 Å². The number of ether oxygens (including phenoxy) is 2. The lowest BCUT2D eigenvalue weighted by atomic mass is 10.1. The van der Waals surface area contributed by atoms with Crippen LogP contribution in [0.3, 0.4) is 0 Å². The lowest BCUT2D eigenvalue weighted by Gasteiger charge is -2.10. The van der Waals surface area contributed by atoms with Crippen LogP contribution >= 0.6 is 0 Å². The molecule has 0 radical (unpaired) electrons. The fourth-order valence-electron chi connectivity index (χ4n) is 1.99. The molecule has 0 aliphatic rings. The molecule has 0 amide bonds. The van der Waals surface area contributed by atoms with E-state index in [2.05, 4.69) is 6.92 Å². The molecule has 3 nitrogen and oxygen atoms in total. The molecule has 0 aliphatic carbocycles. The van der Waals surface area contributed by atoms with E-state index >= 15 is 0 Å². The summed E-state index contributed by atoms with van der Waals surface area (Å²) < 4.78 is 10.9. The summed E-state index contributed by atoms with van der Waals surface area (Å²) in [5.74, 6) is 1.37. The molecule has 0 aromatic heterocycles. The quantitative estimate of drug-likeness (QED) is 0.562. The van der Waals surface area contributed by atoms with Crippen LogP contribution in [0.5, 0.6) is 11.5 Å². The summed E-state index contributed by atoms with van der Waals surface area (Å²) in [6.45, 7) is 2.68. The van der Waals surface area contributed by atoms with Gasteiger partial charge in [0.1, 0.15) is 0 Å². The van der Waals surface area contributed by atoms with Gasteiger partial charge in [-0.3, -0.25) is 4.79 Å². The Morgan fingerprint density at radius 3 is 2.55 bits per heavy atom. The van der Waals surface area contributed by atoms with E-state index in [-0.39, 0.29) is 5.78 Å². The molecular weight excluding hydrogens is 276 g/mol. The minimum atomic E-state index is -0.0209. The van der Waals surface area contributed by atoms with Crippen molar-refractivity contribution < 1.29 is 14.3 Å². The number of benzene rings is 2. The Balaban J connectivity index is 2.15. The van der Waals surface area contributed by atoms with E-state index in [4.69, 9.17) is 9.47 Å². The van der Waals surface area contributed by atoms with Crippen molar-refractivity contribution in [2.24, 2.45) is 0 Å². The predicted molar refractivity (Wildman–Crippen MR) is 88.6 cm³/mol. The molecule has 0 aliphatic heterocycles. The van der Waals surface area contributed by atoms with Crippen molar-refractivity contribution in [1.29, 1.82) is 0 Å². The molecule has 0 saturated heterocycles. The third-order valence-electron chi connectivity index (χ3n) is 3.13. The molecule has 3 heteroatoms. The summed E-state index contributed by atoms with van der Waals surface area (Å²) in [7, 11) is 1.61. The number of methoxy groups -OCH3 is 1. The van der Waals surface area contributed by atoms with E-state index in [1.54, 1.807) is 31.4 Å². The van der Waals surface area contributed by atoms with E-state index in [9.17, 15) is 4.79 Å². The monoisotopic (exact) mass is 296 g/mol. The second-order valence-electron chi connectivity index (χ2n) is 4.82. The zero-order valence-corrected chi connectivity index (χ0v) is 12.9. The Hall–Kier alpha value is -2.55. The minimum Gasteiger partial charge on any atom is -0.493 e. The third-order valence-corrected chi connectivity index (χ3v) is 3.13. The van der Waals surface area contributed by atoms with Crippen LogP contribution in [0.15, 0.2) is 54.6 Å². The van der Waals surface area contributed by atoms with Gasteiger partial charge in [0.25, 0.3) is 0 Å². The van der Waals surface area contributed by atoms with Crippen LogP contribution in [0.4, 0.5) is 0 Å². The lowest BCUT2D eigenvalue weighted by molar-refractivity contribution is 0.104. The summed E-state index contributed by atoms with van der Waals surface area (Å²) in [5.41, 5.74) is 1.57. The zero-order valence-electron chi connectivity index (χ0n) is 12.9. The van der Waals surface area contributed by atoms with Gasteiger partial charge in [-0.2, -0.15) is 0 Å². The van der Waals surface area contributed by atoms with Crippen LogP contribution in [-0.2, 0) is 0 Å². The van der Waals surface area contributed by atoms with Crippen molar-refractivity contribution in [3.05, 3.63) is 65.7 Å². The molecule has 2 aromatic rings. The van der Waals surface area contributed by atoms with E-state index < -0.39 is 0 Å². The van der Waals surface area contributed by atoms with Crippen molar-refractivity contribution in [3.63, 3.8) is 0 Å². The summed E-state index contributed by atoms with van der Waals surface area (Å²) in [6.07, 6.45) is 4.28. The summed E-state index contributed by atoms with van der Waals surface area (Å²) in [5, 5.41) is 0. The highest BCUT2D eigenvalue weighted by Crippen LogP contribution is 2.28. The van der Waals surface area contributed by atoms with Gasteiger partial charge >= 0.3 is 0 Å². The lowest BCUT2D eigenvalue weighted by Crippen LogP contribution is -1.98. The summed E-state index contributed by atoms with van der Waals surface area (Å²) in [6, 6.07) is 14.8. The molecule has 22 heavy (non-hydrogen) atoms. The fraction of sp³-hybridized carbons (Fsp3) is 0.211. The van der Waals surface area contributed by atoms with Gasteiger partial charge in [-0.15, -0.1) is 0 Å².